The lowest BCUT2D eigenvalue weighted by Crippen LogP contribution is -2.51. The van der Waals surface area contributed by atoms with Crippen molar-refractivity contribution in [1.29, 1.82) is 0 Å². The van der Waals surface area contributed by atoms with E-state index in [2.05, 4.69) is 64.7 Å². The van der Waals surface area contributed by atoms with Crippen molar-refractivity contribution >= 4 is 57.3 Å². The summed E-state index contributed by atoms with van der Waals surface area (Å²) < 4.78 is 56.9. The number of likely N-dealkylation sites (tertiary alicyclic amines) is 2. The third kappa shape index (κ3) is 16.2. The highest BCUT2D eigenvalue weighted by Crippen LogP contribution is 2.40. The number of aliphatic hydroxyl groups excluding tert-OH is 1. The topological polar surface area (TPSA) is 208 Å². The molecule has 5 aliphatic rings. The van der Waals surface area contributed by atoms with Gasteiger partial charge in [-0.3, -0.25) is 19.5 Å². The number of aryl methyl sites for hydroxylation is 1. The second kappa shape index (κ2) is 29.7. The molecule has 1 aliphatic carbocycles. The van der Waals surface area contributed by atoms with Gasteiger partial charge in [0.05, 0.1) is 45.7 Å². The second-order valence-electron chi connectivity index (χ2n) is 24.0. The first-order valence-corrected chi connectivity index (χ1v) is 30.8. The summed E-state index contributed by atoms with van der Waals surface area (Å²) in [4.78, 5) is 59.4. The van der Waals surface area contributed by atoms with E-state index in [0.29, 0.717) is 74.0 Å². The van der Waals surface area contributed by atoms with Crippen LogP contribution in [0.3, 0.4) is 0 Å². The Bertz CT molecular complexity index is 3330. The molecule has 1 saturated carbocycles. The van der Waals surface area contributed by atoms with Crippen molar-refractivity contribution in [3.63, 3.8) is 0 Å². The van der Waals surface area contributed by atoms with Gasteiger partial charge in [-0.15, -0.1) is 17.8 Å². The van der Waals surface area contributed by atoms with E-state index in [9.17, 15) is 23.9 Å². The number of aromatic hydroxyl groups is 1. The van der Waals surface area contributed by atoms with E-state index >= 15 is 8.78 Å². The van der Waals surface area contributed by atoms with Crippen LogP contribution in [0.2, 0.25) is 0 Å². The smallest absolute Gasteiger partial charge is 0.319 e. The average Bonchev–Trinajstić information content (AvgIpc) is 1.03. The lowest BCUT2D eigenvalue weighted by molar-refractivity contribution is -0.125. The van der Waals surface area contributed by atoms with Gasteiger partial charge in [0.2, 0.25) is 5.91 Å². The van der Waals surface area contributed by atoms with Gasteiger partial charge in [0, 0.05) is 74.6 Å². The molecule has 4 atom stereocenters. The molecule has 11 rings (SSSR count). The van der Waals surface area contributed by atoms with Crippen LogP contribution in [0.15, 0.2) is 54.2 Å². The van der Waals surface area contributed by atoms with Gasteiger partial charge in [-0.05, 0) is 139 Å². The molecule has 5 N–H and O–H groups in total. The minimum atomic E-state index is -1.39. The zero-order chi connectivity index (χ0) is 61.7. The highest BCUT2D eigenvalue weighted by molar-refractivity contribution is 7.13. The number of piperidine rings is 1. The number of thiazole rings is 1. The van der Waals surface area contributed by atoms with Crippen LogP contribution in [0.1, 0.15) is 115 Å². The number of unbranched alkanes of at least 4 members (excludes halogenated alkanes) is 3. The molecule has 6 aromatic rings. The third-order valence-corrected chi connectivity index (χ3v) is 17.7. The number of phenols is 1. The lowest BCUT2D eigenvalue weighted by Gasteiger charge is -2.35. The quantitative estimate of drug-likeness (QED) is 0.0291. The van der Waals surface area contributed by atoms with Gasteiger partial charge >= 0.3 is 6.01 Å². The molecule has 462 valence electrons. The minimum Gasteiger partial charge on any atom is -0.508 e. The molecule has 4 aliphatic heterocycles. The zero-order valence-electron chi connectivity index (χ0n) is 50.6. The fourth-order valence-corrected chi connectivity index (χ4v) is 12.4. The highest BCUT2D eigenvalue weighted by Gasteiger charge is 2.43. The van der Waals surface area contributed by atoms with E-state index in [1.54, 1.807) is 24.6 Å². The lowest BCUT2D eigenvalue weighted by atomic mass is 9.88. The Labute approximate surface area is 506 Å². The molecule has 21 heteroatoms. The number of nitrogens with zero attached hydrogens (tertiary/aromatic N) is 7. The van der Waals surface area contributed by atoms with Crippen LogP contribution < -0.4 is 30.3 Å². The van der Waals surface area contributed by atoms with Crippen LogP contribution in [-0.2, 0) is 20.9 Å². The van der Waals surface area contributed by atoms with E-state index < -0.39 is 17.3 Å². The summed E-state index contributed by atoms with van der Waals surface area (Å²) in [7, 11) is 4.81. The summed E-state index contributed by atoms with van der Waals surface area (Å²) in [5.41, 5.74) is 3.62. The molecule has 2 unspecified atom stereocenters. The number of pyridine rings is 1. The number of terminal acetylenes is 1. The summed E-state index contributed by atoms with van der Waals surface area (Å²) in [6, 6.07) is 12.4. The number of piperazine rings is 1. The first kappa shape index (κ1) is 65.2. The van der Waals surface area contributed by atoms with E-state index in [1.165, 1.54) is 24.3 Å². The van der Waals surface area contributed by atoms with Crippen molar-refractivity contribution in [2.75, 3.05) is 72.0 Å². The number of ether oxygens (including phenoxy) is 2. The van der Waals surface area contributed by atoms with Gasteiger partial charge < -0.3 is 50.2 Å². The SMILES string of the molecule is C#Cc1c(F)ccc2cc(O)cc(-c3ncc4c(N5CC6CCC(C5)N6)nc(OC5CCN(CCCCCCOc6cc(-c7scnc7C)ccc6CNC(=O)[C@@H]6CCCN6C)CC5)nc4c3F)c12.CN[C@H](C=O)C(C)(C)C.CO.O=CC1(F)CC1. The molecular weight excluding hydrogens is 1120 g/mol. The monoisotopic (exact) mass is 1200 g/mol. The number of phenolic OH excluding ortho intramolecular Hbond substituents is 1. The Balaban J connectivity index is 0.000000494. The van der Waals surface area contributed by atoms with Crippen molar-refractivity contribution in [3.8, 4) is 51.6 Å². The fourth-order valence-electron chi connectivity index (χ4n) is 11.6. The number of anilines is 1. The largest absolute Gasteiger partial charge is 0.508 e. The van der Waals surface area contributed by atoms with Crippen LogP contribution in [0.25, 0.3) is 43.4 Å². The number of hydrogen-bond donors (Lipinski definition) is 5. The Morgan fingerprint density at radius 3 is 2.31 bits per heavy atom. The number of likely N-dealkylation sites (N-methyl/N-ethyl adjacent to an activating group) is 2. The molecule has 3 aromatic heterocycles. The van der Waals surface area contributed by atoms with Gasteiger partial charge in [-0.1, -0.05) is 57.7 Å². The Kier molecular flexibility index (Phi) is 22.5. The number of aromatic nitrogens is 4. The summed E-state index contributed by atoms with van der Waals surface area (Å²) in [5.74, 6) is 2.37. The Hall–Kier alpha value is -6.80. The number of rotatable bonds is 19. The average molecular weight is 1210 g/mol. The molecule has 4 saturated heterocycles. The number of amides is 1. The number of alkyl halides is 1. The highest BCUT2D eigenvalue weighted by atomic mass is 32.1. The molecule has 5 fully saturated rings. The Morgan fingerprint density at radius 1 is 0.977 bits per heavy atom. The van der Waals surface area contributed by atoms with E-state index in [-0.39, 0.29) is 69.0 Å². The second-order valence-corrected chi connectivity index (χ2v) is 24.9. The first-order valence-electron chi connectivity index (χ1n) is 29.9. The normalized spacial score (nSPS) is 19.5. The number of nitrogens with one attached hydrogen (secondary N) is 3. The van der Waals surface area contributed by atoms with Crippen LogP contribution in [0.4, 0.5) is 19.0 Å². The maximum absolute atomic E-state index is 17.1. The van der Waals surface area contributed by atoms with Gasteiger partial charge in [-0.25, -0.2) is 18.2 Å². The molecule has 7 heterocycles. The van der Waals surface area contributed by atoms with Crippen LogP contribution >= 0.6 is 11.3 Å². The maximum Gasteiger partial charge on any atom is 0.319 e. The van der Waals surface area contributed by atoms with Crippen molar-refractivity contribution in [1.82, 2.24) is 45.7 Å². The van der Waals surface area contributed by atoms with Crippen molar-refractivity contribution < 1.29 is 47.2 Å². The van der Waals surface area contributed by atoms with Crippen LogP contribution in [-0.4, -0.2) is 161 Å². The Morgan fingerprint density at radius 2 is 1.71 bits per heavy atom. The zero-order valence-corrected chi connectivity index (χ0v) is 51.4. The van der Waals surface area contributed by atoms with Gasteiger partial charge in [0.1, 0.15) is 46.7 Å². The van der Waals surface area contributed by atoms with Crippen LogP contribution in [0, 0.1) is 36.3 Å². The minimum absolute atomic E-state index is 0.0301. The summed E-state index contributed by atoms with van der Waals surface area (Å²) in [6.07, 6.45) is 19.1. The number of carbonyl (C=O) groups excluding carboxylic acids is 3. The maximum atomic E-state index is 17.1. The molecule has 86 heavy (non-hydrogen) atoms. The van der Waals surface area contributed by atoms with Crippen molar-refractivity contribution in [2.45, 2.75) is 147 Å². The number of fused-ring (bicyclic) bond motifs is 4. The van der Waals surface area contributed by atoms with Gasteiger partial charge in [-0.2, -0.15) is 9.97 Å². The number of hydrogen-bond acceptors (Lipinski definition) is 17. The van der Waals surface area contributed by atoms with Crippen molar-refractivity contribution in [3.05, 3.63) is 82.6 Å². The van der Waals surface area contributed by atoms with Gasteiger partial charge in [0.25, 0.3) is 0 Å². The number of aliphatic hydroxyl groups is 1. The first-order chi connectivity index (χ1) is 41.4. The summed E-state index contributed by atoms with van der Waals surface area (Å²) >= 11 is 1.62. The molecular formula is C65H83F3N10O7S. The summed E-state index contributed by atoms with van der Waals surface area (Å²) in [5, 5.41) is 28.6. The third-order valence-electron chi connectivity index (χ3n) is 16.7. The molecule has 0 spiro atoms. The van der Waals surface area contributed by atoms with E-state index in [4.69, 9.17) is 31.0 Å². The predicted molar refractivity (Wildman–Crippen MR) is 331 cm³/mol. The van der Waals surface area contributed by atoms with E-state index in [1.807, 2.05) is 40.3 Å². The van der Waals surface area contributed by atoms with Crippen molar-refractivity contribution in [2.24, 2.45) is 5.41 Å². The number of halogens is 3. The molecule has 3 aromatic carbocycles. The summed E-state index contributed by atoms with van der Waals surface area (Å²) in [6.45, 7) is 14.2. The number of carbonyl (C=O) groups is 3. The predicted octanol–water partition coefficient (Wildman–Crippen LogP) is 9.49. The standard InChI is InChI=1S/C53H59F2N9O4S.C7H15NO.C4H5FO.CH4O/c1-4-40-43(54)16-13-33-24-38(65)26-41(46(33)40)48-47(55)49-42(28-56-48)51(64-29-36-14-15-37(30-64)59-36)61-53(60-49)68-39-17-21-63(22-18-39)20-7-5-6-8-23-67-45-25-34(50-32(2)58-31-69-50)11-12-35(45)27-57-52(66)44-10-9-19-62(44)3;1-7(2,3)6(5-9)8-4;5-4(3-6)1-2-4;1-2/h1,11-13,16,24-26,28,31,36-37,39,44,59,65H,5-10,14-15,17-23,27,29-30H2,2-3H3,(H,57,66);5-6,8H,1-4H3;3H,1-2H2;2H,1H3/t36?,37?,44-;6-;;/m01../s1. The number of benzene rings is 3. The van der Waals surface area contributed by atoms with E-state index in [0.717, 1.165) is 131 Å². The molecule has 1 amide bonds. The molecule has 17 nitrogen and oxygen atoms in total. The number of aldehydes is 2. The molecule has 2 bridgehead atoms. The molecule has 0 radical (unpaired) electrons. The van der Waals surface area contributed by atoms with Crippen LogP contribution in [0.5, 0.6) is 17.5 Å². The fraction of sp³-hybridized carbons (Fsp3) is 0.523. The van der Waals surface area contributed by atoms with Gasteiger partial charge in [0.15, 0.2) is 17.8 Å².